The van der Waals surface area contributed by atoms with E-state index in [2.05, 4.69) is 23.6 Å². The Morgan fingerprint density at radius 1 is 1.89 bits per heavy atom. The third kappa shape index (κ3) is 3.00. The highest BCUT2D eigenvalue weighted by Crippen LogP contribution is 1.96. The summed E-state index contributed by atoms with van der Waals surface area (Å²) in [5.74, 6) is 0. The highest BCUT2D eigenvalue weighted by Gasteiger charge is 2.00. The van der Waals surface area contributed by atoms with Crippen molar-refractivity contribution >= 4 is 6.72 Å². The van der Waals surface area contributed by atoms with Gasteiger partial charge in [0.05, 0.1) is 6.73 Å². The molecule has 0 saturated carbocycles. The Hall–Kier alpha value is -0.670. The first kappa shape index (κ1) is 8.33. The second-order valence-electron chi connectivity index (χ2n) is 1.73. The molecule has 0 aromatic carbocycles. The van der Waals surface area contributed by atoms with Crippen molar-refractivity contribution in [2.75, 3.05) is 6.73 Å². The topological polar surface area (TPSA) is 44.6 Å². The number of aliphatic hydroxyl groups is 1. The lowest BCUT2D eigenvalue weighted by Crippen LogP contribution is -2.27. The summed E-state index contributed by atoms with van der Waals surface area (Å²) in [6.07, 6.45) is 0. The lowest BCUT2D eigenvalue weighted by molar-refractivity contribution is 0.251. The van der Waals surface area contributed by atoms with Gasteiger partial charge in [0.15, 0.2) is 0 Å². The van der Waals surface area contributed by atoms with E-state index >= 15 is 0 Å². The Labute approximate surface area is 55.1 Å². The van der Waals surface area contributed by atoms with E-state index in [9.17, 15) is 0 Å². The number of nitrogens with one attached hydrogen (secondary N) is 1. The molecule has 0 aliphatic heterocycles. The zero-order chi connectivity index (χ0) is 7.28. The molecule has 0 spiro atoms. The molecule has 0 aromatic rings. The maximum Gasteiger partial charge on any atom is 0.0936 e. The molecule has 52 valence electrons. The van der Waals surface area contributed by atoms with Crippen LogP contribution in [0.5, 0.6) is 0 Å². The first-order valence-corrected chi connectivity index (χ1v) is 2.72. The number of hydrogen-bond acceptors (Lipinski definition) is 3. The van der Waals surface area contributed by atoms with Crippen LogP contribution in [-0.2, 0) is 0 Å². The summed E-state index contributed by atoms with van der Waals surface area (Å²) < 4.78 is 0. The van der Waals surface area contributed by atoms with Crippen molar-refractivity contribution < 1.29 is 5.11 Å². The van der Waals surface area contributed by atoms with Crippen molar-refractivity contribution in [1.29, 1.82) is 0 Å². The summed E-state index contributed by atoms with van der Waals surface area (Å²) >= 11 is 0. The van der Waals surface area contributed by atoms with E-state index in [0.717, 1.165) is 0 Å². The minimum atomic E-state index is -0.0598. The van der Waals surface area contributed by atoms with Crippen LogP contribution in [-0.4, -0.2) is 24.6 Å². The molecule has 0 aromatic heterocycles. The Balaban J connectivity index is 3.58. The van der Waals surface area contributed by atoms with Crippen LogP contribution >= 0.6 is 0 Å². The molecule has 0 aliphatic rings. The van der Waals surface area contributed by atoms with Gasteiger partial charge in [-0.3, -0.25) is 10.3 Å². The average Bonchev–Trinajstić information content (AvgIpc) is 1.87. The SMILES string of the molecule is C=NC(=C)C(C)NCO. The Morgan fingerprint density at radius 2 is 2.44 bits per heavy atom. The highest BCUT2D eigenvalue weighted by molar-refractivity contribution is 5.29. The van der Waals surface area contributed by atoms with E-state index < -0.39 is 0 Å². The van der Waals surface area contributed by atoms with Crippen molar-refractivity contribution in [3.8, 4) is 0 Å². The fourth-order valence-electron chi connectivity index (χ4n) is 0.392. The summed E-state index contributed by atoms with van der Waals surface area (Å²) in [5.41, 5.74) is 0.643. The Bertz CT molecular complexity index is 112. The molecule has 0 aliphatic carbocycles. The number of aliphatic hydroxyl groups excluding tert-OH is 1. The molecule has 0 heterocycles. The smallest absolute Gasteiger partial charge is 0.0936 e. The van der Waals surface area contributed by atoms with Gasteiger partial charge in [0.1, 0.15) is 0 Å². The number of nitrogens with zero attached hydrogens (tertiary/aromatic N) is 1. The van der Waals surface area contributed by atoms with Gasteiger partial charge in [0, 0.05) is 11.7 Å². The summed E-state index contributed by atoms with van der Waals surface area (Å²) in [5, 5.41) is 11.1. The molecule has 3 nitrogen and oxygen atoms in total. The van der Waals surface area contributed by atoms with Gasteiger partial charge in [-0.25, -0.2) is 0 Å². The standard InChI is InChI=1S/C6H12N2O/c1-5(7-3)6(2)8-4-9/h6,8-9H,1,3-4H2,2H3. The third-order valence-corrected chi connectivity index (χ3v) is 1.10. The predicted molar refractivity (Wildman–Crippen MR) is 38.4 cm³/mol. The van der Waals surface area contributed by atoms with E-state index in [1.807, 2.05) is 6.92 Å². The maximum absolute atomic E-state index is 8.37. The third-order valence-electron chi connectivity index (χ3n) is 1.10. The Kier molecular flexibility index (Phi) is 3.92. The molecular formula is C6H12N2O. The van der Waals surface area contributed by atoms with Gasteiger partial charge in [0.2, 0.25) is 0 Å². The predicted octanol–water partition coefficient (Wildman–Crippen LogP) is 0.129. The normalized spacial score (nSPS) is 12.7. The van der Waals surface area contributed by atoms with Gasteiger partial charge >= 0.3 is 0 Å². The van der Waals surface area contributed by atoms with Crippen molar-refractivity contribution in [1.82, 2.24) is 5.32 Å². The number of rotatable bonds is 4. The first-order chi connectivity index (χ1) is 4.22. The van der Waals surface area contributed by atoms with Gasteiger partial charge in [-0.15, -0.1) is 0 Å². The first-order valence-electron chi connectivity index (χ1n) is 2.72. The minimum absolute atomic E-state index is 0.00694. The molecule has 0 fully saturated rings. The molecule has 9 heavy (non-hydrogen) atoms. The van der Waals surface area contributed by atoms with Gasteiger partial charge in [-0.2, -0.15) is 0 Å². The van der Waals surface area contributed by atoms with Crippen LogP contribution in [0.1, 0.15) is 6.92 Å². The monoisotopic (exact) mass is 128 g/mol. The van der Waals surface area contributed by atoms with Crippen molar-refractivity contribution in [3.05, 3.63) is 12.3 Å². The molecule has 1 atom stereocenters. The van der Waals surface area contributed by atoms with Crippen molar-refractivity contribution in [3.63, 3.8) is 0 Å². The molecule has 1 unspecified atom stereocenters. The van der Waals surface area contributed by atoms with Gasteiger partial charge in [-0.05, 0) is 13.6 Å². The van der Waals surface area contributed by atoms with Gasteiger partial charge in [0.25, 0.3) is 0 Å². The maximum atomic E-state index is 8.37. The molecule has 0 bridgehead atoms. The number of aliphatic imine (C=N–C) groups is 1. The van der Waals surface area contributed by atoms with Crippen LogP contribution in [0.3, 0.4) is 0 Å². The molecule has 0 saturated heterocycles. The van der Waals surface area contributed by atoms with Crippen molar-refractivity contribution in [2.24, 2.45) is 4.99 Å². The van der Waals surface area contributed by atoms with E-state index in [1.165, 1.54) is 0 Å². The van der Waals surface area contributed by atoms with Crippen LogP contribution in [0.2, 0.25) is 0 Å². The summed E-state index contributed by atoms with van der Waals surface area (Å²) in [7, 11) is 0. The van der Waals surface area contributed by atoms with Crippen LogP contribution in [0.4, 0.5) is 0 Å². The largest absolute Gasteiger partial charge is 0.381 e. The van der Waals surface area contributed by atoms with E-state index in [4.69, 9.17) is 5.11 Å². The average molecular weight is 128 g/mol. The highest BCUT2D eigenvalue weighted by atomic mass is 16.3. The molecular weight excluding hydrogens is 116 g/mol. The zero-order valence-corrected chi connectivity index (χ0v) is 5.59. The van der Waals surface area contributed by atoms with Crippen LogP contribution in [0.25, 0.3) is 0 Å². The molecule has 2 N–H and O–H groups in total. The van der Waals surface area contributed by atoms with Crippen LogP contribution in [0.15, 0.2) is 17.3 Å². The number of hydrogen-bond donors (Lipinski definition) is 2. The fourth-order valence-corrected chi connectivity index (χ4v) is 0.392. The molecule has 0 radical (unpaired) electrons. The molecule has 0 rings (SSSR count). The quantitative estimate of drug-likeness (QED) is 0.417. The van der Waals surface area contributed by atoms with Gasteiger partial charge < -0.3 is 5.11 Å². The minimum Gasteiger partial charge on any atom is -0.381 e. The zero-order valence-electron chi connectivity index (χ0n) is 5.59. The molecule has 0 amide bonds. The van der Waals surface area contributed by atoms with Crippen LogP contribution in [0, 0.1) is 0 Å². The van der Waals surface area contributed by atoms with E-state index in [-0.39, 0.29) is 12.8 Å². The van der Waals surface area contributed by atoms with Crippen LogP contribution < -0.4 is 5.32 Å². The molecule has 3 heteroatoms. The Morgan fingerprint density at radius 3 is 2.78 bits per heavy atom. The lowest BCUT2D eigenvalue weighted by Gasteiger charge is -2.09. The second kappa shape index (κ2) is 4.23. The van der Waals surface area contributed by atoms with E-state index in [1.54, 1.807) is 0 Å². The fraction of sp³-hybridized carbons (Fsp3) is 0.500. The summed E-state index contributed by atoms with van der Waals surface area (Å²) in [6.45, 7) is 8.68. The summed E-state index contributed by atoms with van der Waals surface area (Å²) in [4.78, 5) is 3.59. The summed E-state index contributed by atoms with van der Waals surface area (Å²) in [6, 6.07) is 0.00694. The second-order valence-corrected chi connectivity index (χ2v) is 1.73. The van der Waals surface area contributed by atoms with Gasteiger partial charge in [-0.1, -0.05) is 6.58 Å². The van der Waals surface area contributed by atoms with Crippen molar-refractivity contribution in [2.45, 2.75) is 13.0 Å². The lowest BCUT2D eigenvalue weighted by atomic mass is 10.3. The van der Waals surface area contributed by atoms with E-state index in [0.29, 0.717) is 5.70 Å².